The van der Waals surface area contributed by atoms with Crippen molar-refractivity contribution in [2.75, 3.05) is 13.2 Å². The van der Waals surface area contributed by atoms with E-state index in [0.717, 1.165) is 12.5 Å². The minimum Gasteiger partial charge on any atom is -0.490 e. The Labute approximate surface area is 87.5 Å². The van der Waals surface area contributed by atoms with Gasteiger partial charge in [-0.3, -0.25) is 0 Å². The molecule has 1 aromatic carbocycles. The van der Waals surface area contributed by atoms with Crippen LogP contribution in [0.15, 0.2) is 12.1 Å². The maximum absolute atomic E-state index is 13.2. The van der Waals surface area contributed by atoms with Crippen LogP contribution in [-0.4, -0.2) is 18.3 Å². The van der Waals surface area contributed by atoms with Crippen molar-refractivity contribution in [3.8, 4) is 5.75 Å². The summed E-state index contributed by atoms with van der Waals surface area (Å²) in [5, 5.41) is 8.69. The van der Waals surface area contributed by atoms with Crippen molar-refractivity contribution >= 4 is 0 Å². The van der Waals surface area contributed by atoms with Crippen LogP contribution in [0.1, 0.15) is 18.9 Å². The number of rotatable bonds is 5. The van der Waals surface area contributed by atoms with Gasteiger partial charge in [-0.25, -0.2) is 4.39 Å². The maximum atomic E-state index is 13.2. The van der Waals surface area contributed by atoms with Gasteiger partial charge in [0.1, 0.15) is 0 Å². The molecule has 0 fully saturated rings. The number of aliphatic hydroxyl groups is 1. The lowest BCUT2D eigenvalue weighted by Gasteiger charge is -2.08. The summed E-state index contributed by atoms with van der Waals surface area (Å²) in [4.78, 5) is 0. The lowest BCUT2D eigenvalue weighted by Crippen LogP contribution is -2.01. The molecule has 0 atom stereocenters. The molecule has 0 heterocycles. The summed E-state index contributed by atoms with van der Waals surface area (Å²) < 4.78 is 31.3. The summed E-state index contributed by atoms with van der Waals surface area (Å²) in [7, 11) is 0. The molecule has 0 unspecified atom stereocenters. The van der Waals surface area contributed by atoms with Crippen molar-refractivity contribution in [2.45, 2.75) is 19.8 Å². The van der Waals surface area contributed by atoms with Crippen LogP contribution in [0.25, 0.3) is 0 Å². The number of hydrogen-bond acceptors (Lipinski definition) is 2. The maximum Gasteiger partial charge on any atom is 0.200 e. The van der Waals surface area contributed by atoms with Gasteiger partial charge in [-0.15, -0.1) is 0 Å². The van der Waals surface area contributed by atoms with Crippen molar-refractivity contribution in [3.05, 3.63) is 29.3 Å². The van der Waals surface area contributed by atoms with Crippen LogP contribution >= 0.6 is 0 Å². The van der Waals surface area contributed by atoms with E-state index in [9.17, 15) is 8.78 Å². The minimum absolute atomic E-state index is 0.0831. The molecule has 0 radical (unpaired) electrons. The molecule has 0 saturated heterocycles. The molecule has 0 aromatic heterocycles. The highest BCUT2D eigenvalue weighted by Gasteiger charge is 2.11. The second-order valence-electron chi connectivity index (χ2n) is 3.21. The van der Waals surface area contributed by atoms with E-state index in [-0.39, 0.29) is 12.4 Å². The van der Waals surface area contributed by atoms with Gasteiger partial charge >= 0.3 is 0 Å². The van der Waals surface area contributed by atoms with Crippen LogP contribution in [-0.2, 0) is 6.42 Å². The molecule has 1 rings (SSSR count). The van der Waals surface area contributed by atoms with Gasteiger partial charge in [-0.05, 0) is 30.5 Å². The SMILES string of the molecule is CCCOc1cc(CCO)cc(F)c1F. The van der Waals surface area contributed by atoms with E-state index in [4.69, 9.17) is 9.84 Å². The molecule has 0 saturated carbocycles. The highest BCUT2D eigenvalue weighted by Crippen LogP contribution is 2.22. The van der Waals surface area contributed by atoms with Gasteiger partial charge in [0.15, 0.2) is 11.6 Å². The summed E-state index contributed by atoms with van der Waals surface area (Å²) >= 11 is 0. The zero-order valence-electron chi connectivity index (χ0n) is 8.59. The molecular weight excluding hydrogens is 202 g/mol. The molecule has 1 N–H and O–H groups in total. The molecule has 15 heavy (non-hydrogen) atoms. The Hall–Kier alpha value is -1.16. The van der Waals surface area contributed by atoms with Crippen LogP contribution < -0.4 is 4.74 Å². The predicted molar refractivity (Wildman–Crippen MR) is 52.9 cm³/mol. The molecule has 0 aliphatic carbocycles. The monoisotopic (exact) mass is 216 g/mol. The number of hydrogen-bond donors (Lipinski definition) is 1. The van der Waals surface area contributed by atoms with E-state index < -0.39 is 11.6 Å². The Kier molecular flexibility index (Phi) is 4.49. The first-order chi connectivity index (χ1) is 7.19. The van der Waals surface area contributed by atoms with Crippen molar-refractivity contribution in [1.82, 2.24) is 0 Å². The quantitative estimate of drug-likeness (QED) is 0.818. The molecule has 0 aliphatic rings. The van der Waals surface area contributed by atoms with Crippen LogP contribution in [0.4, 0.5) is 8.78 Å². The second-order valence-corrected chi connectivity index (χ2v) is 3.21. The van der Waals surface area contributed by atoms with Gasteiger partial charge in [-0.2, -0.15) is 4.39 Å². The number of ether oxygens (including phenoxy) is 1. The lowest BCUT2D eigenvalue weighted by molar-refractivity contribution is 0.290. The van der Waals surface area contributed by atoms with Crippen molar-refractivity contribution in [3.63, 3.8) is 0 Å². The van der Waals surface area contributed by atoms with E-state index in [1.165, 1.54) is 6.07 Å². The topological polar surface area (TPSA) is 29.5 Å². The van der Waals surface area contributed by atoms with E-state index >= 15 is 0 Å². The first-order valence-corrected chi connectivity index (χ1v) is 4.90. The zero-order valence-corrected chi connectivity index (χ0v) is 8.59. The molecule has 0 aliphatic heterocycles. The average molecular weight is 216 g/mol. The lowest BCUT2D eigenvalue weighted by atomic mass is 10.1. The van der Waals surface area contributed by atoms with E-state index in [1.54, 1.807) is 0 Å². The Balaban J connectivity index is 2.91. The van der Waals surface area contributed by atoms with Crippen LogP contribution in [0.2, 0.25) is 0 Å². The van der Waals surface area contributed by atoms with Crippen LogP contribution in [0.3, 0.4) is 0 Å². The molecule has 2 nitrogen and oxygen atoms in total. The Bertz CT molecular complexity index is 327. The molecule has 84 valence electrons. The molecule has 1 aromatic rings. The molecule has 0 spiro atoms. The number of benzene rings is 1. The van der Waals surface area contributed by atoms with E-state index in [1.807, 2.05) is 6.92 Å². The standard InChI is InChI=1S/C11H14F2O2/c1-2-5-15-10-7-8(3-4-14)6-9(12)11(10)13/h6-7,14H,2-5H2,1H3. The third-order valence-electron chi connectivity index (χ3n) is 1.92. The summed E-state index contributed by atoms with van der Waals surface area (Å²) in [6.07, 6.45) is 1.02. The first kappa shape index (κ1) is 11.9. The third kappa shape index (κ3) is 3.16. The smallest absolute Gasteiger partial charge is 0.200 e. The van der Waals surface area contributed by atoms with Gasteiger partial charge in [0.05, 0.1) is 6.61 Å². The van der Waals surface area contributed by atoms with Crippen molar-refractivity contribution < 1.29 is 18.6 Å². The predicted octanol–water partition coefficient (Wildman–Crippen LogP) is 2.29. The normalized spacial score (nSPS) is 10.4. The Morgan fingerprint density at radius 2 is 2.07 bits per heavy atom. The number of aliphatic hydroxyl groups excluding tert-OH is 1. The summed E-state index contributed by atoms with van der Waals surface area (Å²) in [6, 6.07) is 2.49. The molecular formula is C11H14F2O2. The molecule has 0 amide bonds. The molecule has 4 heteroatoms. The summed E-state index contributed by atoms with van der Waals surface area (Å²) in [5.74, 6) is -1.99. The summed E-state index contributed by atoms with van der Waals surface area (Å²) in [6.45, 7) is 2.13. The van der Waals surface area contributed by atoms with Gasteiger partial charge in [-0.1, -0.05) is 6.92 Å². The van der Waals surface area contributed by atoms with Gasteiger partial charge in [0, 0.05) is 6.61 Å². The van der Waals surface area contributed by atoms with E-state index in [2.05, 4.69) is 0 Å². The van der Waals surface area contributed by atoms with Crippen molar-refractivity contribution in [1.29, 1.82) is 0 Å². The third-order valence-corrected chi connectivity index (χ3v) is 1.92. The second kappa shape index (κ2) is 5.66. The van der Waals surface area contributed by atoms with Crippen molar-refractivity contribution in [2.24, 2.45) is 0 Å². The molecule has 0 bridgehead atoms. The highest BCUT2D eigenvalue weighted by atomic mass is 19.2. The van der Waals surface area contributed by atoms with Gasteiger partial charge < -0.3 is 9.84 Å². The fourth-order valence-corrected chi connectivity index (χ4v) is 1.21. The highest BCUT2D eigenvalue weighted by molar-refractivity contribution is 5.31. The zero-order chi connectivity index (χ0) is 11.3. The minimum atomic E-state index is -0.967. The Morgan fingerprint density at radius 3 is 2.67 bits per heavy atom. The average Bonchev–Trinajstić information content (AvgIpc) is 2.21. The fourth-order valence-electron chi connectivity index (χ4n) is 1.21. The van der Waals surface area contributed by atoms with Crippen LogP contribution in [0, 0.1) is 11.6 Å². The first-order valence-electron chi connectivity index (χ1n) is 4.90. The Morgan fingerprint density at radius 1 is 1.33 bits per heavy atom. The van der Waals surface area contributed by atoms with Crippen LogP contribution in [0.5, 0.6) is 5.75 Å². The summed E-state index contributed by atoms with van der Waals surface area (Å²) in [5.41, 5.74) is 0.530. The van der Waals surface area contributed by atoms with Gasteiger partial charge in [0.25, 0.3) is 0 Å². The van der Waals surface area contributed by atoms with E-state index in [0.29, 0.717) is 18.6 Å². The van der Waals surface area contributed by atoms with Gasteiger partial charge in [0.2, 0.25) is 5.82 Å². The fraction of sp³-hybridized carbons (Fsp3) is 0.455. The number of halogens is 2. The largest absolute Gasteiger partial charge is 0.490 e.